The Hall–Kier alpha value is -1.67. The lowest BCUT2D eigenvalue weighted by atomic mass is 9.72. The predicted molar refractivity (Wildman–Crippen MR) is 71.0 cm³/mol. The van der Waals surface area contributed by atoms with Gasteiger partial charge in [-0.05, 0) is 41.7 Å². The molecule has 92 valence electrons. The second-order valence-electron chi connectivity index (χ2n) is 5.04. The number of rotatable bonds is 2. The van der Waals surface area contributed by atoms with Gasteiger partial charge >= 0.3 is 0 Å². The second-order valence-corrected chi connectivity index (χ2v) is 5.04. The average molecular weight is 241 g/mol. The fraction of sp³-hybridized carbons (Fsp3) is 0.250. The van der Waals surface area contributed by atoms with E-state index in [1.54, 1.807) is 13.0 Å². The zero-order chi connectivity index (χ0) is 12.7. The van der Waals surface area contributed by atoms with Crippen LogP contribution in [0.5, 0.6) is 0 Å². The van der Waals surface area contributed by atoms with E-state index in [1.165, 1.54) is 17.2 Å². The van der Waals surface area contributed by atoms with Crippen LogP contribution in [0.25, 0.3) is 0 Å². The lowest BCUT2D eigenvalue weighted by Crippen LogP contribution is -2.29. The zero-order valence-corrected chi connectivity index (χ0v) is 10.4. The molecule has 0 fully saturated rings. The molecule has 2 atom stereocenters. The van der Waals surface area contributed by atoms with Gasteiger partial charge in [0.25, 0.3) is 0 Å². The molecule has 0 heterocycles. The number of hydrogen-bond acceptors (Lipinski definition) is 1. The number of aryl methyl sites for hydroxylation is 1. The number of benzene rings is 2. The van der Waals surface area contributed by atoms with Crippen LogP contribution in [0, 0.1) is 12.7 Å². The summed E-state index contributed by atoms with van der Waals surface area (Å²) in [5, 5.41) is 0. The fourth-order valence-corrected chi connectivity index (χ4v) is 2.73. The Morgan fingerprint density at radius 3 is 2.72 bits per heavy atom. The van der Waals surface area contributed by atoms with Crippen LogP contribution in [0.1, 0.15) is 34.2 Å². The topological polar surface area (TPSA) is 26.0 Å². The first-order valence-corrected chi connectivity index (χ1v) is 6.26. The summed E-state index contributed by atoms with van der Waals surface area (Å²) in [6.45, 7) is 1.78. The van der Waals surface area contributed by atoms with Crippen molar-refractivity contribution in [3.05, 3.63) is 70.5 Å². The Bertz CT molecular complexity index is 591. The van der Waals surface area contributed by atoms with Crippen LogP contribution in [0.4, 0.5) is 4.39 Å². The molecule has 2 unspecified atom stereocenters. The standard InChI is InChI=1S/C16H16FN/c1-10-8-12(6-7-15(10)17)16(18)14-9-11-4-2-3-5-13(11)14/h2-8,14,16H,9,18H2,1H3. The predicted octanol–water partition coefficient (Wildman–Crippen LogP) is 3.47. The molecule has 0 aromatic heterocycles. The minimum atomic E-state index is -0.167. The Kier molecular flexibility index (Phi) is 2.67. The summed E-state index contributed by atoms with van der Waals surface area (Å²) in [5.41, 5.74) is 10.7. The summed E-state index contributed by atoms with van der Waals surface area (Å²) in [6.07, 6.45) is 1.02. The van der Waals surface area contributed by atoms with Crippen LogP contribution in [0.15, 0.2) is 42.5 Å². The van der Waals surface area contributed by atoms with Gasteiger partial charge in [0.2, 0.25) is 0 Å². The Balaban J connectivity index is 1.88. The quantitative estimate of drug-likeness (QED) is 0.856. The molecule has 0 bridgehead atoms. The maximum absolute atomic E-state index is 13.3. The molecular weight excluding hydrogens is 225 g/mol. The Labute approximate surface area is 106 Å². The maximum atomic E-state index is 13.3. The first kappa shape index (κ1) is 11.4. The van der Waals surface area contributed by atoms with Gasteiger partial charge in [0.1, 0.15) is 5.82 Å². The molecular formula is C16H16FN. The number of nitrogens with two attached hydrogens (primary N) is 1. The van der Waals surface area contributed by atoms with E-state index in [1.807, 2.05) is 12.1 Å². The molecule has 1 aliphatic rings. The van der Waals surface area contributed by atoms with Crippen molar-refractivity contribution in [3.8, 4) is 0 Å². The molecule has 18 heavy (non-hydrogen) atoms. The molecule has 0 amide bonds. The monoisotopic (exact) mass is 241 g/mol. The zero-order valence-electron chi connectivity index (χ0n) is 10.4. The highest BCUT2D eigenvalue weighted by molar-refractivity contribution is 5.43. The van der Waals surface area contributed by atoms with Crippen molar-refractivity contribution in [1.29, 1.82) is 0 Å². The van der Waals surface area contributed by atoms with Gasteiger partial charge in [-0.25, -0.2) is 4.39 Å². The van der Waals surface area contributed by atoms with E-state index in [0.29, 0.717) is 11.5 Å². The highest BCUT2D eigenvalue weighted by Gasteiger charge is 2.31. The van der Waals surface area contributed by atoms with E-state index >= 15 is 0 Å². The molecule has 0 radical (unpaired) electrons. The van der Waals surface area contributed by atoms with Gasteiger partial charge < -0.3 is 5.73 Å². The number of halogens is 1. The van der Waals surface area contributed by atoms with Crippen LogP contribution < -0.4 is 5.73 Å². The second kappa shape index (κ2) is 4.21. The third kappa shape index (κ3) is 1.73. The third-order valence-electron chi connectivity index (χ3n) is 3.89. The SMILES string of the molecule is Cc1cc(C(N)C2Cc3ccccc32)ccc1F. The summed E-state index contributed by atoms with van der Waals surface area (Å²) < 4.78 is 13.3. The minimum absolute atomic E-state index is 0.0424. The van der Waals surface area contributed by atoms with E-state index in [0.717, 1.165) is 12.0 Å². The first-order valence-electron chi connectivity index (χ1n) is 6.26. The van der Waals surface area contributed by atoms with Crippen molar-refractivity contribution in [3.63, 3.8) is 0 Å². The van der Waals surface area contributed by atoms with E-state index in [2.05, 4.69) is 18.2 Å². The van der Waals surface area contributed by atoms with Gasteiger partial charge in [0.05, 0.1) is 0 Å². The summed E-state index contributed by atoms with van der Waals surface area (Å²) in [6, 6.07) is 13.5. The van der Waals surface area contributed by atoms with Crippen molar-refractivity contribution < 1.29 is 4.39 Å². The lowest BCUT2D eigenvalue weighted by molar-refractivity contribution is 0.498. The van der Waals surface area contributed by atoms with E-state index < -0.39 is 0 Å². The molecule has 0 saturated carbocycles. The molecule has 0 aliphatic heterocycles. The van der Waals surface area contributed by atoms with Crippen LogP contribution in [0.3, 0.4) is 0 Å². The van der Waals surface area contributed by atoms with E-state index in [-0.39, 0.29) is 11.9 Å². The number of hydrogen-bond donors (Lipinski definition) is 1. The normalized spacial score (nSPS) is 18.9. The van der Waals surface area contributed by atoms with Crippen LogP contribution >= 0.6 is 0 Å². The highest BCUT2D eigenvalue weighted by atomic mass is 19.1. The molecule has 2 heteroatoms. The summed E-state index contributed by atoms with van der Waals surface area (Å²) in [7, 11) is 0. The van der Waals surface area contributed by atoms with Gasteiger partial charge in [-0.2, -0.15) is 0 Å². The largest absolute Gasteiger partial charge is 0.323 e. The number of fused-ring (bicyclic) bond motifs is 1. The van der Waals surface area contributed by atoms with Crippen molar-refractivity contribution in [2.24, 2.45) is 5.73 Å². The molecule has 0 saturated heterocycles. The first-order chi connectivity index (χ1) is 8.66. The van der Waals surface area contributed by atoms with E-state index in [9.17, 15) is 4.39 Å². The Morgan fingerprint density at radius 1 is 1.22 bits per heavy atom. The van der Waals surface area contributed by atoms with Gasteiger partial charge in [-0.15, -0.1) is 0 Å². The maximum Gasteiger partial charge on any atom is 0.126 e. The van der Waals surface area contributed by atoms with Crippen molar-refractivity contribution in [1.82, 2.24) is 0 Å². The minimum Gasteiger partial charge on any atom is -0.323 e. The molecule has 2 aromatic carbocycles. The fourth-order valence-electron chi connectivity index (χ4n) is 2.73. The molecule has 2 N–H and O–H groups in total. The van der Waals surface area contributed by atoms with Crippen LogP contribution in [-0.4, -0.2) is 0 Å². The van der Waals surface area contributed by atoms with Gasteiger partial charge in [-0.1, -0.05) is 36.4 Å². The van der Waals surface area contributed by atoms with Crippen molar-refractivity contribution in [2.45, 2.75) is 25.3 Å². The highest BCUT2D eigenvalue weighted by Crippen LogP contribution is 2.42. The van der Waals surface area contributed by atoms with Crippen molar-refractivity contribution in [2.75, 3.05) is 0 Å². The molecule has 1 nitrogen and oxygen atoms in total. The summed E-state index contributed by atoms with van der Waals surface area (Å²) in [5.74, 6) is 0.200. The summed E-state index contributed by atoms with van der Waals surface area (Å²) in [4.78, 5) is 0. The molecule has 3 rings (SSSR count). The molecule has 0 spiro atoms. The van der Waals surface area contributed by atoms with Crippen molar-refractivity contribution >= 4 is 0 Å². The van der Waals surface area contributed by atoms with E-state index in [4.69, 9.17) is 5.73 Å². The Morgan fingerprint density at radius 2 is 2.00 bits per heavy atom. The smallest absolute Gasteiger partial charge is 0.126 e. The van der Waals surface area contributed by atoms with Crippen LogP contribution in [0.2, 0.25) is 0 Å². The molecule has 1 aliphatic carbocycles. The van der Waals surface area contributed by atoms with Gasteiger partial charge in [0, 0.05) is 12.0 Å². The van der Waals surface area contributed by atoms with Crippen LogP contribution in [-0.2, 0) is 6.42 Å². The average Bonchev–Trinajstić information content (AvgIpc) is 2.34. The van der Waals surface area contributed by atoms with Gasteiger partial charge in [0.15, 0.2) is 0 Å². The summed E-state index contributed by atoms with van der Waals surface area (Å²) >= 11 is 0. The lowest BCUT2D eigenvalue weighted by Gasteiger charge is -2.35. The van der Waals surface area contributed by atoms with Gasteiger partial charge in [-0.3, -0.25) is 0 Å². The third-order valence-corrected chi connectivity index (χ3v) is 3.89. The molecule has 2 aromatic rings.